The minimum Gasteiger partial charge on any atom is -0.492 e. The molecule has 1 aromatic heterocycles. The number of carbonyl (C=O) groups is 1. The van der Waals surface area contributed by atoms with Crippen molar-refractivity contribution in [3.05, 3.63) is 94.8 Å². The van der Waals surface area contributed by atoms with Crippen LogP contribution < -0.4 is 4.74 Å². The molecule has 10 heteroatoms. The Morgan fingerprint density at radius 2 is 1.65 bits per heavy atom. The summed E-state index contributed by atoms with van der Waals surface area (Å²) in [6.07, 6.45) is 4.35. The predicted octanol–water partition coefficient (Wildman–Crippen LogP) is 3.47. The quantitative estimate of drug-likeness (QED) is 0.470. The molecule has 0 amide bonds. The fourth-order valence-corrected chi connectivity index (χ4v) is 5.59. The molecule has 0 radical (unpaired) electrons. The maximum atomic E-state index is 14.2. The number of halogens is 2. The molecular formula is C27H25F2N3O4S. The number of ketones is 1. The molecule has 192 valence electrons. The number of pyridine rings is 1. The summed E-state index contributed by atoms with van der Waals surface area (Å²) in [5.74, 6) is -1.21. The van der Waals surface area contributed by atoms with Crippen molar-refractivity contribution in [2.24, 2.45) is 0 Å². The second kappa shape index (κ2) is 10.1. The first kappa shape index (κ1) is 25.2. The van der Waals surface area contributed by atoms with Crippen LogP contribution in [-0.4, -0.2) is 74.0 Å². The first-order valence-electron chi connectivity index (χ1n) is 11.8. The van der Waals surface area contributed by atoms with Gasteiger partial charge in [0.1, 0.15) is 24.0 Å². The van der Waals surface area contributed by atoms with Gasteiger partial charge in [0.15, 0.2) is 5.78 Å². The van der Waals surface area contributed by atoms with E-state index < -0.39 is 21.7 Å². The topological polar surface area (TPSA) is 79.8 Å². The van der Waals surface area contributed by atoms with Crippen LogP contribution in [0.2, 0.25) is 0 Å². The average molecular weight is 526 g/mol. The molecule has 37 heavy (non-hydrogen) atoms. The molecule has 0 unspecified atom stereocenters. The minimum atomic E-state index is -3.19. The highest BCUT2D eigenvalue weighted by Crippen LogP contribution is 2.43. The largest absolute Gasteiger partial charge is 0.492 e. The number of fused-ring (bicyclic) bond motifs is 1. The molecule has 2 aliphatic rings. The Hall–Kier alpha value is -3.47. The maximum Gasteiger partial charge on any atom is 0.211 e. The van der Waals surface area contributed by atoms with Gasteiger partial charge >= 0.3 is 0 Å². The predicted molar refractivity (Wildman–Crippen MR) is 136 cm³/mol. The van der Waals surface area contributed by atoms with Gasteiger partial charge in [0.25, 0.3) is 0 Å². The number of carbonyl (C=O) groups excluding carboxylic acids is 1. The Kier molecular flexibility index (Phi) is 6.89. The molecule has 0 spiro atoms. The number of allylic oxidation sites excluding steroid dienone is 1. The van der Waals surface area contributed by atoms with Gasteiger partial charge in [0.2, 0.25) is 10.0 Å². The van der Waals surface area contributed by atoms with Crippen molar-refractivity contribution < 1.29 is 26.7 Å². The third kappa shape index (κ3) is 5.31. The number of sulfonamides is 1. The number of hydrogen-bond acceptors (Lipinski definition) is 6. The van der Waals surface area contributed by atoms with Gasteiger partial charge in [-0.1, -0.05) is 6.07 Å². The second-order valence-electron chi connectivity index (χ2n) is 9.04. The van der Waals surface area contributed by atoms with Gasteiger partial charge in [0.05, 0.1) is 6.26 Å². The Morgan fingerprint density at radius 1 is 0.919 bits per heavy atom. The van der Waals surface area contributed by atoms with Crippen LogP contribution in [0.15, 0.2) is 60.9 Å². The van der Waals surface area contributed by atoms with Gasteiger partial charge in [0, 0.05) is 73.5 Å². The number of hydrogen-bond donors (Lipinski definition) is 0. The summed E-state index contributed by atoms with van der Waals surface area (Å²) in [4.78, 5) is 19.6. The van der Waals surface area contributed by atoms with Crippen LogP contribution in [0.1, 0.15) is 27.0 Å². The highest BCUT2D eigenvalue weighted by atomic mass is 32.2. The zero-order valence-corrected chi connectivity index (χ0v) is 21.0. The van der Waals surface area contributed by atoms with Crippen LogP contribution in [0.4, 0.5) is 8.78 Å². The van der Waals surface area contributed by atoms with E-state index in [9.17, 15) is 22.0 Å². The lowest BCUT2D eigenvalue weighted by atomic mass is 9.94. The number of nitrogens with zero attached hydrogens (tertiary/aromatic N) is 3. The second-order valence-corrected chi connectivity index (χ2v) is 11.0. The molecule has 1 saturated heterocycles. The number of Topliss-reactive ketones (excluding diaryl/α,β-unsaturated/α-hetero) is 1. The molecule has 1 aliphatic heterocycles. The van der Waals surface area contributed by atoms with E-state index in [4.69, 9.17) is 4.74 Å². The normalized spacial score (nSPS) is 16.8. The van der Waals surface area contributed by atoms with Gasteiger partial charge < -0.3 is 4.74 Å². The van der Waals surface area contributed by atoms with Crippen molar-refractivity contribution in [2.45, 2.75) is 0 Å². The van der Waals surface area contributed by atoms with Crippen LogP contribution in [-0.2, 0) is 10.0 Å². The van der Waals surface area contributed by atoms with E-state index in [1.165, 1.54) is 22.7 Å². The maximum absolute atomic E-state index is 14.2. The summed E-state index contributed by atoms with van der Waals surface area (Å²) in [6.45, 7) is 3.06. The minimum absolute atomic E-state index is 0.252. The van der Waals surface area contributed by atoms with E-state index in [-0.39, 0.29) is 11.3 Å². The molecule has 2 heterocycles. The Labute approximate surface area is 214 Å². The Balaban J connectivity index is 1.40. The SMILES string of the molecule is CS(=O)(=O)N1CCN(CCOc2ccc3c(c2)C(c2cc(F)cc(F)c2)=C(c2cccnc2)C3=O)CC1. The first-order valence-corrected chi connectivity index (χ1v) is 13.7. The lowest BCUT2D eigenvalue weighted by Gasteiger charge is -2.33. The summed E-state index contributed by atoms with van der Waals surface area (Å²) < 4.78 is 59.2. The van der Waals surface area contributed by atoms with Crippen LogP contribution in [0, 0.1) is 11.6 Å². The van der Waals surface area contributed by atoms with Gasteiger partial charge in [-0.2, -0.15) is 4.31 Å². The highest BCUT2D eigenvalue weighted by molar-refractivity contribution is 7.88. The average Bonchev–Trinajstić information content (AvgIpc) is 3.15. The third-order valence-corrected chi connectivity index (χ3v) is 7.86. The first-order chi connectivity index (χ1) is 17.7. The summed E-state index contributed by atoms with van der Waals surface area (Å²) >= 11 is 0. The summed E-state index contributed by atoms with van der Waals surface area (Å²) in [5, 5.41) is 0. The Bertz CT molecular complexity index is 1460. The van der Waals surface area contributed by atoms with Gasteiger partial charge in [-0.15, -0.1) is 0 Å². The van der Waals surface area contributed by atoms with Crippen LogP contribution in [0.3, 0.4) is 0 Å². The zero-order chi connectivity index (χ0) is 26.2. The zero-order valence-electron chi connectivity index (χ0n) is 20.2. The lowest BCUT2D eigenvalue weighted by Crippen LogP contribution is -2.49. The highest BCUT2D eigenvalue weighted by Gasteiger charge is 2.32. The molecule has 5 rings (SSSR count). The van der Waals surface area contributed by atoms with Crippen molar-refractivity contribution in [3.63, 3.8) is 0 Å². The molecular weight excluding hydrogens is 500 g/mol. The van der Waals surface area contributed by atoms with E-state index >= 15 is 0 Å². The molecule has 7 nitrogen and oxygen atoms in total. The van der Waals surface area contributed by atoms with E-state index in [1.807, 2.05) is 0 Å². The number of rotatable bonds is 7. The van der Waals surface area contributed by atoms with Crippen molar-refractivity contribution in [2.75, 3.05) is 45.6 Å². The molecule has 0 N–H and O–H groups in total. The fourth-order valence-electron chi connectivity index (χ4n) is 4.76. The summed E-state index contributed by atoms with van der Waals surface area (Å²) in [7, 11) is -3.19. The van der Waals surface area contributed by atoms with Crippen molar-refractivity contribution in [1.82, 2.24) is 14.2 Å². The Morgan fingerprint density at radius 3 is 2.30 bits per heavy atom. The molecule has 0 atom stereocenters. The molecule has 3 aromatic rings. The molecule has 1 fully saturated rings. The number of piperazine rings is 1. The van der Waals surface area contributed by atoms with Gasteiger partial charge in [-0.05, 0) is 47.5 Å². The van der Waals surface area contributed by atoms with Gasteiger partial charge in [-0.3, -0.25) is 14.7 Å². The lowest BCUT2D eigenvalue weighted by molar-refractivity contribution is 0.105. The van der Waals surface area contributed by atoms with E-state index in [0.717, 1.165) is 6.07 Å². The van der Waals surface area contributed by atoms with Crippen molar-refractivity contribution in [3.8, 4) is 5.75 Å². The summed E-state index contributed by atoms with van der Waals surface area (Å²) in [5.41, 5.74) is 2.52. The molecule has 1 aliphatic carbocycles. The molecule has 2 aromatic carbocycles. The third-order valence-electron chi connectivity index (χ3n) is 6.56. The fraction of sp³-hybridized carbons (Fsp3) is 0.259. The van der Waals surface area contributed by atoms with E-state index in [2.05, 4.69) is 9.88 Å². The molecule has 0 saturated carbocycles. The summed E-state index contributed by atoms with van der Waals surface area (Å²) in [6, 6.07) is 11.7. The van der Waals surface area contributed by atoms with E-state index in [0.29, 0.717) is 72.9 Å². The van der Waals surface area contributed by atoms with Crippen LogP contribution in [0.25, 0.3) is 11.1 Å². The van der Waals surface area contributed by atoms with Crippen molar-refractivity contribution >= 4 is 27.0 Å². The number of aromatic nitrogens is 1. The number of ether oxygens (including phenoxy) is 1. The van der Waals surface area contributed by atoms with E-state index in [1.54, 1.807) is 42.7 Å². The van der Waals surface area contributed by atoms with Crippen LogP contribution >= 0.6 is 0 Å². The monoisotopic (exact) mass is 525 g/mol. The van der Waals surface area contributed by atoms with Gasteiger partial charge in [-0.25, -0.2) is 17.2 Å². The number of benzene rings is 2. The standard InChI is InChI=1S/C27H25F2N3O4S/c1-37(34,35)32-9-7-31(8-10-32)11-12-36-22-4-5-23-24(16-22)25(19-13-20(28)15-21(29)14-19)26(27(23)33)18-3-2-6-30-17-18/h2-6,13-17H,7-12H2,1H3. The smallest absolute Gasteiger partial charge is 0.211 e. The van der Waals surface area contributed by atoms with Crippen molar-refractivity contribution in [1.29, 1.82) is 0 Å². The van der Waals surface area contributed by atoms with Crippen LogP contribution in [0.5, 0.6) is 5.75 Å². The molecule has 0 bridgehead atoms.